The van der Waals surface area contributed by atoms with Gasteiger partial charge in [-0.2, -0.15) is 0 Å². The van der Waals surface area contributed by atoms with Crippen LogP contribution in [0.15, 0.2) is 113 Å². The Labute approximate surface area is 219 Å². The Kier molecular flexibility index (Phi) is 3.88. The fourth-order valence-electron chi connectivity index (χ4n) is 6.06. The van der Waals surface area contributed by atoms with E-state index in [1.54, 1.807) is 11.3 Å². The maximum atomic E-state index is 6.60. The average molecular weight is 507 g/mol. The van der Waals surface area contributed by atoms with E-state index < -0.39 is 0 Å². The van der Waals surface area contributed by atoms with E-state index in [-0.39, 0.29) is 0 Å². The number of benzene rings is 6. The van der Waals surface area contributed by atoms with Crippen LogP contribution in [0.2, 0.25) is 0 Å². The van der Waals surface area contributed by atoms with Gasteiger partial charge in [-0.3, -0.25) is 0 Å². The van der Waals surface area contributed by atoms with Gasteiger partial charge in [0.25, 0.3) is 0 Å². The number of fused-ring (bicyclic) bond motifs is 11. The van der Waals surface area contributed by atoms with E-state index in [1.807, 2.05) is 17.4 Å². The SMILES string of the molecule is c1ccc2c(c1)oc1c2ccc2c(-c3cccc4c3sc3ccccc34)cc3cc4sccc4cc3c21. The summed E-state index contributed by atoms with van der Waals surface area (Å²) in [5.41, 5.74) is 4.46. The molecule has 9 rings (SSSR count). The summed E-state index contributed by atoms with van der Waals surface area (Å²) < 4.78 is 10.6. The second-order valence-electron chi connectivity index (χ2n) is 9.70. The molecule has 0 atom stereocenters. The van der Waals surface area contributed by atoms with Gasteiger partial charge in [-0.1, -0.05) is 60.7 Å². The normalized spacial score (nSPS) is 12.3. The first kappa shape index (κ1) is 19.9. The molecule has 0 fully saturated rings. The Morgan fingerprint density at radius 3 is 2.32 bits per heavy atom. The van der Waals surface area contributed by atoms with E-state index in [0.29, 0.717) is 0 Å². The topological polar surface area (TPSA) is 13.1 Å². The lowest BCUT2D eigenvalue weighted by molar-refractivity contribution is 0.673. The lowest BCUT2D eigenvalue weighted by Crippen LogP contribution is -1.86. The van der Waals surface area contributed by atoms with Gasteiger partial charge in [0, 0.05) is 46.6 Å². The maximum absolute atomic E-state index is 6.60. The second-order valence-corrected chi connectivity index (χ2v) is 11.7. The molecule has 3 heterocycles. The molecular formula is C34H18OS2. The van der Waals surface area contributed by atoms with Gasteiger partial charge in [-0.05, 0) is 75.0 Å². The molecule has 37 heavy (non-hydrogen) atoms. The zero-order valence-electron chi connectivity index (χ0n) is 19.6. The van der Waals surface area contributed by atoms with Crippen LogP contribution in [0.4, 0.5) is 0 Å². The van der Waals surface area contributed by atoms with Crippen molar-refractivity contribution in [3.05, 3.63) is 109 Å². The Hall–Kier alpha value is -4.18. The van der Waals surface area contributed by atoms with E-state index >= 15 is 0 Å². The molecule has 0 aliphatic heterocycles. The van der Waals surface area contributed by atoms with Crippen molar-refractivity contribution >= 4 is 96.4 Å². The van der Waals surface area contributed by atoms with Crippen LogP contribution < -0.4 is 0 Å². The van der Waals surface area contributed by atoms with Crippen LogP contribution in [-0.4, -0.2) is 0 Å². The fraction of sp³-hybridized carbons (Fsp3) is 0. The summed E-state index contributed by atoms with van der Waals surface area (Å²) in [5.74, 6) is 0. The number of hydrogen-bond donors (Lipinski definition) is 0. The van der Waals surface area contributed by atoms with Crippen LogP contribution in [0.3, 0.4) is 0 Å². The molecule has 0 radical (unpaired) electrons. The first-order chi connectivity index (χ1) is 18.3. The summed E-state index contributed by atoms with van der Waals surface area (Å²) in [5, 5.41) is 13.4. The van der Waals surface area contributed by atoms with Crippen LogP contribution >= 0.6 is 22.7 Å². The third kappa shape index (κ3) is 2.68. The Balaban J connectivity index is 1.51. The minimum absolute atomic E-state index is 0.937. The van der Waals surface area contributed by atoms with Gasteiger partial charge in [0.2, 0.25) is 0 Å². The van der Waals surface area contributed by atoms with Gasteiger partial charge < -0.3 is 4.42 Å². The highest BCUT2D eigenvalue weighted by Crippen LogP contribution is 2.46. The van der Waals surface area contributed by atoms with Crippen LogP contribution in [-0.2, 0) is 0 Å². The third-order valence-corrected chi connectivity index (χ3v) is 9.82. The zero-order valence-corrected chi connectivity index (χ0v) is 21.3. The van der Waals surface area contributed by atoms with Crippen LogP contribution in [0.25, 0.3) is 84.9 Å². The van der Waals surface area contributed by atoms with Gasteiger partial charge in [-0.25, -0.2) is 0 Å². The Morgan fingerprint density at radius 2 is 1.35 bits per heavy atom. The Morgan fingerprint density at radius 1 is 0.514 bits per heavy atom. The van der Waals surface area contributed by atoms with Crippen LogP contribution in [0.1, 0.15) is 0 Å². The number of rotatable bonds is 1. The summed E-state index contributed by atoms with van der Waals surface area (Å²) in [6.07, 6.45) is 0. The van der Waals surface area contributed by atoms with Crippen molar-refractivity contribution in [1.29, 1.82) is 0 Å². The number of para-hydroxylation sites is 1. The molecule has 0 aliphatic rings. The molecule has 3 heteroatoms. The molecule has 9 aromatic rings. The zero-order chi connectivity index (χ0) is 24.1. The highest BCUT2D eigenvalue weighted by atomic mass is 32.1. The van der Waals surface area contributed by atoms with Gasteiger partial charge >= 0.3 is 0 Å². The van der Waals surface area contributed by atoms with E-state index in [4.69, 9.17) is 4.42 Å². The average Bonchev–Trinajstić information content (AvgIpc) is 3.65. The summed E-state index contributed by atoms with van der Waals surface area (Å²) >= 11 is 3.69. The molecule has 0 bridgehead atoms. The maximum Gasteiger partial charge on any atom is 0.143 e. The van der Waals surface area contributed by atoms with Crippen molar-refractivity contribution in [3.63, 3.8) is 0 Å². The largest absolute Gasteiger partial charge is 0.455 e. The van der Waals surface area contributed by atoms with Gasteiger partial charge in [-0.15, -0.1) is 22.7 Å². The number of hydrogen-bond acceptors (Lipinski definition) is 3. The molecule has 0 unspecified atom stereocenters. The molecule has 1 nitrogen and oxygen atoms in total. The van der Waals surface area contributed by atoms with E-state index in [0.717, 1.165) is 11.2 Å². The van der Waals surface area contributed by atoms with Gasteiger partial charge in [0.1, 0.15) is 11.2 Å². The fourth-order valence-corrected chi connectivity index (χ4v) is 8.11. The first-order valence-electron chi connectivity index (χ1n) is 12.4. The lowest BCUT2D eigenvalue weighted by atomic mass is 9.91. The summed E-state index contributed by atoms with van der Waals surface area (Å²) in [7, 11) is 0. The van der Waals surface area contributed by atoms with Gasteiger partial charge in [0.05, 0.1) is 0 Å². The molecule has 0 saturated carbocycles. The Bertz CT molecular complexity index is 2360. The molecule has 3 aromatic heterocycles. The predicted molar refractivity (Wildman–Crippen MR) is 162 cm³/mol. The summed E-state index contributed by atoms with van der Waals surface area (Å²) in [6, 6.07) is 37.7. The van der Waals surface area contributed by atoms with E-state index in [9.17, 15) is 0 Å². The molecule has 0 amide bonds. The highest BCUT2D eigenvalue weighted by Gasteiger charge is 2.19. The quantitative estimate of drug-likeness (QED) is 0.202. The van der Waals surface area contributed by atoms with Crippen molar-refractivity contribution in [2.45, 2.75) is 0 Å². The van der Waals surface area contributed by atoms with Crippen molar-refractivity contribution in [3.8, 4) is 11.1 Å². The molecule has 0 spiro atoms. The number of furan rings is 1. The molecule has 0 aliphatic carbocycles. The van der Waals surface area contributed by atoms with Crippen LogP contribution in [0, 0.1) is 0 Å². The molecule has 6 aromatic carbocycles. The second kappa shape index (κ2) is 7.19. The van der Waals surface area contributed by atoms with Crippen molar-refractivity contribution < 1.29 is 4.42 Å². The first-order valence-corrected chi connectivity index (χ1v) is 14.1. The van der Waals surface area contributed by atoms with Crippen molar-refractivity contribution in [2.75, 3.05) is 0 Å². The lowest BCUT2D eigenvalue weighted by Gasteiger charge is -2.13. The van der Waals surface area contributed by atoms with Crippen molar-refractivity contribution in [1.82, 2.24) is 0 Å². The van der Waals surface area contributed by atoms with Crippen LogP contribution in [0.5, 0.6) is 0 Å². The monoisotopic (exact) mass is 506 g/mol. The van der Waals surface area contributed by atoms with Crippen molar-refractivity contribution in [2.24, 2.45) is 0 Å². The summed E-state index contributed by atoms with van der Waals surface area (Å²) in [4.78, 5) is 0. The predicted octanol–water partition coefficient (Wildman–Crippen LogP) is 11.1. The standard InChI is InChI=1S/C34H18OS2/c1-3-10-29-21(6-1)24-13-12-23-28(26-9-5-8-25-22-7-2-4-11-30(22)37-34(25)26)17-20-18-31-19(14-15-36-31)16-27(20)32(23)33(24)35-29/h1-18H. The minimum atomic E-state index is 0.937. The molecule has 0 N–H and O–H groups in total. The van der Waals surface area contributed by atoms with E-state index in [2.05, 4.69) is 102 Å². The molecule has 0 saturated heterocycles. The van der Waals surface area contributed by atoms with Gasteiger partial charge in [0.15, 0.2) is 0 Å². The highest BCUT2D eigenvalue weighted by molar-refractivity contribution is 7.26. The summed E-state index contributed by atoms with van der Waals surface area (Å²) in [6.45, 7) is 0. The molecular weight excluding hydrogens is 489 g/mol. The minimum Gasteiger partial charge on any atom is -0.455 e. The third-order valence-electron chi connectivity index (χ3n) is 7.73. The molecule has 172 valence electrons. The smallest absolute Gasteiger partial charge is 0.143 e. The number of thiophene rings is 2. The van der Waals surface area contributed by atoms with E-state index in [1.165, 1.54) is 73.7 Å².